The quantitative estimate of drug-likeness (QED) is 0.658. The first kappa shape index (κ1) is 17.0. The van der Waals surface area contributed by atoms with E-state index >= 15 is 0 Å². The summed E-state index contributed by atoms with van der Waals surface area (Å²) in [7, 11) is 1.70. The maximum atomic E-state index is 12.4. The standard InChI is InChI=1S/C15H22N4O4/c1-17-11-2-3-13(23-9-12(16)20)19-14(11)15(21)18-8-10-4-6-22-7-5-10/h2-3,10,17H,4-9H2,1H3,(H2,16,20)(H,18,21). The molecule has 1 aromatic heterocycles. The molecule has 2 rings (SSSR count). The number of rotatable bonds is 7. The van der Waals surface area contributed by atoms with Gasteiger partial charge in [0.25, 0.3) is 11.8 Å². The Morgan fingerprint density at radius 3 is 2.78 bits per heavy atom. The smallest absolute Gasteiger partial charge is 0.272 e. The number of nitrogens with one attached hydrogen (secondary N) is 2. The lowest BCUT2D eigenvalue weighted by Gasteiger charge is -2.22. The van der Waals surface area contributed by atoms with E-state index in [1.165, 1.54) is 0 Å². The van der Waals surface area contributed by atoms with Gasteiger partial charge in [-0.3, -0.25) is 9.59 Å². The number of nitrogens with zero attached hydrogens (tertiary/aromatic N) is 1. The SMILES string of the molecule is CNc1ccc(OCC(N)=O)nc1C(=O)NCC1CCOCC1. The number of ether oxygens (including phenoxy) is 2. The van der Waals surface area contributed by atoms with E-state index < -0.39 is 5.91 Å². The Kier molecular flexibility index (Phi) is 6.16. The Labute approximate surface area is 134 Å². The number of aromatic nitrogens is 1. The molecule has 1 fully saturated rings. The number of pyridine rings is 1. The van der Waals surface area contributed by atoms with Crippen LogP contribution in [-0.4, -0.2) is 50.2 Å². The van der Waals surface area contributed by atoms with Gasteiger partial charge in [0.05, 0.1) is 5.69 Å². The van der Waals surface area contributed by atoms with E-state index in [0.717, 1.165) is 26.1 Å². The summed E-state index contributed by atoms with van der Waals surface area (Å²) < 4.78 is 10.4. The molecule has 0 unspecified atom stereocenters. The van der Waals surface area contributed by atoms with Gasteiger partial charge in [0.2, 0.25) is 5.88 Å². The number of anilines is 1. The summed E-state index contributed by atoms with van der Waals surface area (Å²) in [6, 6.07) is 3.25. The van der Waals surface area contributed by atoms with Crippen molar-refractivity contribution in [2.24, 2.45) is 11.7 Å². The highest BCUT2D eigenvalue weighted by Crippen LogP contribution is 2.18. The van der Waals surface area contributed by atoms with Gasteiger partial charge >= 0.3 is 0 Å². The zero-order valence-electron chi connectivity index (χ0n) is 13.1. The molecule has 4 N–H and O–H groups in total. The molecule has 1 aromatic rings. The molecule has 126 valence electrons. The van der Waals surface area contributed by atoms with Crippen molar-refractivity contribution < 1.29 is 19.1 Å². The van der Waals surface area contributed by atoms with Crippen LogP contribution in [0.25, 0.3) is 0 Å². The minimum Gasteiger partial charge on any atom is -0.468 e. The van der Waals surface area contributed by atoms with Crippen molar-refractivity contribution in [3.8, 4) is 5.88 Å². The molecule has 0 saturated carbocycles. The second kappa shape index (κ2) is 8.33. The first-order valence-electron chi connectivity index (χ1n) is 7.56. The Bertz CT molecular complexity index is 558. The van der Waals surface area contributed by atoms with Crippen LogP contribution in [0.1, 0.15) is 23.3 Å². The van der Waals surface area contributed by atoms with Gasteiger partial charge in [0.1, 0.15) is 0 Å². The van der Waals surface area contributed by atoms with Crippen LogP contribution in [0.5, 0.6) is 5.88 Å². The lowest BCUT2D eigenvalue weighted by atomic mass is 10.0. The molecule has 0 aromatic carbocycles. The molecule has 1 saturated heterocycles. The number of primary amides is 1. The highest BCUT2D eigenvalue weighted by molar-refractivity contribution is 5.97. The molecule has 0 aliphatic carbocycles. The fourth-order valence-electron chi connectivity index (χ4n) is 2.31. The van der Waals surface area contributed by atoms with Crippen molar-refractivity contribution in [3.63, 3.8) is 0 Å². The van der Waals surface area contributed by atoms with Crippen molar-refractivity contribution in [1.82, 2.24) is 10.3 Å². The largest absolute Gasteiger partial charge is 0.468 e. The summed E-state index contributed by atoms with van der Waals surface area (Å²) in [4.78, 5) is 27.3. The van der Waals surface area contributed by atoms with Crippen LogP contribution in [0.4, 0.5) is 5.69 Å². The molecule has 8 heteroatoms. The van der Waals surface area contributed by atoms with Gasteiger partial charge in [0.15, 0.2) is 12.3 Å². The second-order valence-corrected chi connectivity index (χ2v) is 5.32. The molecule has 1 aliphatic rings. The minimum absolute atomic E-state index is 0.180. The number of nitrogens with two attached hydrogens (primary N) is 1. The maximum absolute atomic E-state index is 12.4. The van der Waals surface area contributed by atoms with E-state index in [9.17, 15) is 9.59 Å². The van der Waals surface area contributed by atoms with Gasteiger partial charge in [-0.25, -0.2) is 4.98 Å². The summed E-state index contributed by atoms with van der Waals surface area (Å²) in [5.74, 6) is -0.292. The Morgan fingerprint density at radius 2 is 2.13 bits per heavy atom. The zero-order chi connectivity index (χ0) is 16.7. The average molecular weight is 322 g/mol. The van der Waals surface area contributed by atoms with Crippen molar-refractivity contribution in [3.05, 3.63) is 17.8 Å². The number of carbonyl (C=O) groups is 2. The summed E-state index contributed by atoms with van der Waals surface area (Å²) in [5, 5.41) is 5.81. The van der Waals surface area contributed by atoms with E-state index in [1.54, 1.807) is 19.2 Å². The monoisotopic (exact) mass is 322 g/mol. The molecule has 23 heavy (non-hydrogen) atoms. The third-order valence-electron chi connectivity index (χ3n) is 3.61. The van der Waals surface area contributed by atoms with Gasteiger partial charge in [-0.2, -0.15) is 0 Å². The summed E-state index contributed by atoms with van der Waals surface area (Å²) in [6.07, 6.45) is 1.88. The van der Waals surface area contributed by atoms with Gasteiger partial charge in [-0.15, -0.1) is 0 Å². The van der Waals surface area contributed by atoms with Crippen LogP contribution in [0.3, 0.4) is 0 Å². The molecular weight excluding hydrogens is 300 g/mol. The third kappa shape index (κ3) is 5.10. The van der Waals surface area contributed by atoms with Crippen LogP contribution >= 0.6 is 0 Å². The number of hydrogen-bond donors (Lipinski definition) is 3. The summed E-state index contributed by atoms with van der Waals surface area (Å²) in [6.45, 7) is 1.77. The van der Waals surface area contributed by atoms with E-state index in [-0.39, 0.29) is 24.1 Å². The molecule has 2 heterocycles. The van der Waals surface area contributed by atoms with Crippen LogP contribution in [0.2, 0.25) is 0 Å². The predicted molar refractivity (Wildman–Crippen MR) is 84.3 cm³/mol. The first-order chi connectivity index (χ1) is 11.1. The topological polar surface area (TPSA) is 116 Å². The molecule has 0 bridgehead atoms. The summed E-state index contributed by atoms with van der Waals surface area (Å²) in [5.41, 5.74) is 5.84. The molecule has 8 nitrogen and oxygen atoms in total. The van der Waals surface area contributed by atoms with Crippen LogP contribution in [-0.2, 0) is 9.53 Å². The van der Waals surface area contributed by atoms with Gasteiger partial charge in [0, 0.05) is 32.9 Å². The van der Waals surface area contributed by atoms with Crippen LogP contribution in [0.15, 0.2) is 12.1 Å². The average Bonchev–Trinajstić information content (AvgIpc) is 2.58. The Hall–Kier alpha value is -2.35. The lowest BCUT2D eigenvalue weighted by molar-refractivity contribution is -0.120. The van der Waals surface area contributed by atoms with Gasteiger partial charge < -0.3 is 25.8 Å². The number of amides is 2. The number of carbonyl (C=O) groups excluding carboxylic acids is 2. The Balaban J connectivity index is 2.01. The zero-order valence-corrected chi connectivity index (χ0v) is 13.1. The summed E-state index contributed by atoms with van der Waals surface area (Å²) >= 11 is 0. The molecular formula is C15H22N4O4. The molecule has 0 radical (unpaired) electrons. The van der Waals surface area contributed by atoms with Crippen LogP contribution in [0, 0.1) is 5.92 Å². The fraction of sp³-hybridized carbons (Fsp3) is 0.533. The van der Waals surface area contributed by atoms with E-state index in [2.05, 4.69) is 15.6 Å². The van der Waals surface area contributed by atoms with Gasteiger partial charge in [-0.1, -0.05) is 0 Å². The van der Waals surface area contributed by atoms with Crippen molar-refractivity contribution in [1.29, 1.82) is 0 Å². The minimum atomic E-state index is -0.602. The predicted octanol–water partition coefficient (Wildman–Crippen LogP) is 0.144. The van der Waals surface area contributed by atoms with Crippen molar-refractivity contribution in [2.45, 2.75) is 12.8 Å². The van der Waals surface area contributed by atoms with Crippen LogP contribution < -0.4 is 21.1 Å². The van der Waals surface area contributed by atoms with Gasteiger partial charge in [-0.05, 0) is 24.8 Å². The lowest BCUT2D eigenvalue weighted by Crippen LogP contribution is -2.33. The number of hydrogen-bond acceptors (Lipinski definition) is 6. The fourth-order valence-corrected chi connectivity index (χ4v) is 2.31. The molecule has 0 atom stereocenters. The second-order valence-electron chi connectivity index (χ2n) is 5.32. The van der Waals surface area contributed by atoms with Crippen molar-refractivity contribution in [2.75, 3.05) is 38.7 Å². The molecule has 1 aliphatic heterocycles. The van der Waals surface area contributed by atoms with E-state index in [1.807, 2.05) is 0 Å². The molecule has 0 spiro atoms. The Morgan fingerprint density at radius 1 is 1.39 bits per heavy atom. The first-order valence-corrected chi connectivity index (χ1v) is 7.56. The highest BCUT2D eigenvalue weighted by atomic mass is 16.5. The highest BCUT2D eigenvalue weighted by Gasteiger charge is 2.18. The molecule has 2 amide bonds. The van der Waals surface area contributed by atoms with E-state index in [4.69, 9.17) is 15.2 Å². The van der Waals surface area contributed by atoms with Crippen molar-refractivity contribution >= 4 is 17.5 Å². The maximum Gasteiger partial charge on any atom is 0.272 e. The van der Waals surface area contributed by atoms with E-state index in [0.29, 0.717) is 18.2 Å². The third-order valence-corrected chi connectivity index (χ3v) is 3.61. The normalized spacial score (nSPS) is 15.0.